The van der Waals surface area contributed by atoms with Gasteiger partial charge >= 0.3 is 46.3 Å². The van der Waals surface area contributed by atoms with E-state index >= 15 is 0 Å². The summed E-state index contributed by atoms with van der Waals surface area (Å²) in [6, 6.07) is 0. The van der Waals surface area contributed by atoms with Crippen molar-refractivity contribution in [2.24, 2.45) is 0 Å². The van der Waals surface area contributed by atoms with Crippen LogP contribution in [0.2, 0.25) is 0 Å². The zero-order valence-corrected chi connectivity index (χ0v) is 6.79. The summed E-state index contributed by atoms with van der Waals surface area (Å²) >= 11 is -2.06. The summed E-state index contributed by atoms with van der Waals surface area (Å²) in [5.41, 5.74) is 0. The first-order chi connectivity index (χ1) is 4.86. The van der Waals surface area contributed by atoms with Gasteiger partial charge in [0.15, 0.2) is 0 Å². The number of hydrogen-bond acceptors (Lipinski definition) is 7. The molecule has 0 N–H and O–H groups in total. The van der Waals surface area contributed by atoms with Crippen LogP contribution in [-0.4, -0.2) is 12.1 Å². The van der Waals surface area contributed by atoms with Crippen LogP contribution >= 0.6 is 0 Å². The molecule has 0 spiro atoms. The van der Waals surface area contributed by atoms with Crippen molar-refractivity contribution in [3.05, 3.63) is 35.6 Å². The third kappa shape index (κ3) is 53.8. The Labute approximate surface area is 67.3 Å². The van der Waals surface area contributed by atoms with Crippen molar-refractivity contribution in [1.29, 1.82) is 0 Å². The molecule has 10 nitrogen and oxygen atoms in total. The summed E-state index contributed by atoms with van der Waals surface area (Å²) in [5, 5.41) is 33.2. The Bertz CT molecular complexity index is 147. The number of nitrogens with zero attached hydrogens (tertiary/aromatic N) is 3. The maximum absolute atomic E-state index is 9.22. The van der Waals surface area contributed by atoms with Crippen molar-refractivity contribution >= 4 is 0 Å². The van der Waals surface area contributed by atoms with Gasteiger partial charge in [0.1, 0.15) is 0 Å². The van der Waals surface area contributed by atoms with E-state index in [4.69, 9.17) is 15.3 Å². The van der Waals surface area contributed by atoms with Gasteiger partial charge in [-0.25, -0.2) is 0 Å². The molecule has 0 aromatic carbocycles. The van der Waals surface area contributed by atoms with E-state index in [0.29, 0.717) is 0 Å². The molecule has 0 aliphatic carbocycles. The van der Waals surface area contributed by atoms with Gasteiger partial charge in [0.05, 0.1) is 5.09 Å². The van der Waals surface area contributed by atoms with E-state index < -0.39 is 31.1 Å². The van der Waals surface area contributed by atoms with E-state index in [-0.39, 0.29) is 0 Å². The summed E-state index contributed by atoms with van der Waals surface area (Å²) in [6.07, 6.45) is 0. The van der Waals surface area contributed by atoms with Crippen molar-refractivity contribution in [2.45, 2.75) is 0 Å². The van der Waals surface area contributed by atoms with Gasteiger partial charge in [-0.2, -0.15) is 0 Å². The van der Waals surface area contributed by atoms with Crippen LogP contribution in [0.15, 0.2) is 0 Å². The van der Waals surface area contributed by atoms with Gasteiger partial charge in [-0.15, -0.1) is 0 Å². The molecule has 0 aliphatic rings. The fraction of sp³-hybridized carbons (Fsp3) is 0. The van der Waals surface area contributed by atoms with Gasteiger partial charge in [0, 0.05) is 0 Å². The molecule has 0 bridgehead atoms. The summed E-state index contributed by atoms with van der Waals surface area (Å²) in [7, 11) is 0. The fourth-order valence-corrected chi connectivity index (χ4v) is 0.345. The average molecular weight is 349 g/mol. The normalized spacial score (nSPS) is 7.64. The summed E-state index contributed by atoms with van der Waals surface area (Å²) in [5.74, 6) is 0. The van der Waals surface area contributed by atoms with E-state index in [9.17, 15) is 20.2 Å². The number of nitro groups is 2. The minimum absolute atomic E-state index is 0.889. The van der Waals surface area contributed by atoms with E-state index in [1.165, 1.54) is 0 Å². The third-order valence-corrected chi connectivity index (χ3v) is 0.845. The van der Waals surface area contributed by atoms with Crippen molar-refractivity contribution in [1.82, 2.24) is 0 Å². The predicted octanol–water partition coefficient (Wildman–Crippen LogP) is -0.787. The molecule has 0 heterocycles. The quantitative estimate of drug-likeness (QED) is 0.468. The van der Waals surface area contributed by atoms with Crippen molar-refractivity contribution in [2.75, 3.05) is 0 Å². The molecule has 11 heavy (non-hydrogen) atoms. The molecule has 0 unspecified atom stereocenters. The number of hydrogen-bond donors (Lipinski definition) is 0. The topological polar surface area (TPSA) is 152 Å². The Morgan fingerprint density at radius 2 is 1.00 bits per heavy atom. The van der Waals surface area contributed by atoms with Gasteiger partial charge < -0.3 is 15.3 Å². The van der Waals surface area contributed by atoms with Crippen molar-refractivity contribution in [3.8, 4) is 0 Å². The summed E-state index contributed by atoms with van der Waals surface area (Å²) in [6.45, 7) is 0. The molecule has 0 saturated heterocycles. The molecule has 0 saturated carbocycles. The molecule has 0 atom stereocenters. The monoisotopic (exact) mass is 349 g/mol. The van der Waals surface area contributed by atoms with Crippen LogP contribution in [0.3, 0.4) is 0 Å². The Kier molecular flexibility index (Phi) is 7.65. The van der Waals surface area contributed by atoms with E-state index in [2.05, 4.69) is 0 Å². The first kappa shape index (κ1) is 12.4. The zero-order chi connectivity index (χ0) is 9.44. The molecule has 68 valence electrons. The zero-order valence-electron chi connectivity index (χ0n) is 4.52. The Balaban J connectivity index is 0. The van der Waals surface area contributed by atoms with Crippen molar-refractivity contribution in [3.63, 3.8) is 0 Å². The average Bonchev–Trinajstić information content (AvgIpc) is 1.56. The van der Waals surface area contributed by atoms with Crippen LogP contribution in [0.1, 0.15) is 0 Å². The molecule has 0 aromatic rings. The van der Waals surface area contributed by atoms with Crippen LogP contribution in [-0.2, 0) is 19.1 Å². The molecule has 0 fully saturated rings. The van der Waals surface area contributed by atoms with E-state index in [1.807, 2.05) is 0 Å². The van der Waals surface area contributed by atoms with Gasteiger partial charge in [-0.05, 0) is 0 Å². The van der Waals surface area contributed by atoms with Gasteiger partial charge in [0.2, 0.25) is 0 Å². The van der Waals surface area contributed by atoms with Gasteiger partial charge in [-0.1, -0.05) is 0 Å². The molecular formula is N3O7Pt-. The van der Waals surface area contributed by atoms with Crippen LogP contribution in [0.25, 0.3) is 0 Å². The predicted molar refractivity (Wildman–Crippen MR) is 24.4 cm³/mol. The second-order valence-electron chi connectivity index (χ2n) is 0.667. The SMILES string of the molecule is O=[N+]([O-])[O-].O=[N+]([O-])[Pt][N+](=O)[O-]. The Hall–Kier alpha value is -1.31. The van der Waals surface area contributed by atoms with Crippen LogP contribution in [0, 0.1) is 35.6 Å². The van der Waals surface area contributed by atoms with Crippen LogP contribution < -0.4 is 0 Å². The molecular weight excluding hydrogens is 349 g/mol. The summed E-state index contributed by atoms with van der Waals surface area (Å²) in [4.78, 5) is 26.7. The van der Waals surface area contributed by atoms with E-state index in [1.54, 1.807) is 0 Å². The second kappa shape index (κ2) is 6.80. The molecule has 0 rings (SSSR count). The second-order valence-corrected chi connectivity index (χ2v) is 2.78. The van der Waals surface area contributed by atoms with Crippen molar-refractivity contribution < 1.29 is 31.1 Å². The third-order valence-electron chi connectivity index (χ3n) is 0.103. The Morgan fingerprint density at radius 1 is 0.818 bits per heavy atom. The molecule has 0 aromatic heterocycles. The van der Waals surface area contributed by atoms with Gasteiger partial charge in [0.25, 0.3) is 0 Å². The summed E-state index contributed by atoms with van der Waals surface area (Å²) < 4.78 is -1.78. The maximum atomic E-state index is 9.22. The fourth-order valence-electron chi connectivity index (χ4n) is 0.0422. The Morgan fingerprint density at radius 3 is 1.00 bits per heavy atom. The molecule has 11 heteroatoms. The molecule has 0 amide bonds. The molecule has 0 radical (unpaired) electrons. The first-order valence-corrected chi connectivity index (χ1v) is 3.59. The van der Waals surface area contributed by atoms with Gasteiger partial charge in [-0.3, -0.25) is 0 Å². The number of rotatable bonds is 2. The minimum atomic E-state index is -2.06. The standard InChI is InChI=1S/NO3.2NO2.Pt/c2-1(3)4;2*2-1-3;/q-1;;;. The van der Waals surface area contributed by atoms with Crippen LogP contribution in [0.4, 0.5) is 0 Å². The first-order valence-electron chi connectivity index (χ1n) is 1.56. The van der Waals surface area contributed by atoms with E-state index in [0.717, 1.165) is 0 Å². The van der Waals surface area contributed by atoms with Crippen LogP contribution in [0.5, 0.6) is 0 Å². The molecule has 0 aliphatic heterocycles.